The number of Topliss-reactive ketones (excluding diaryl/α,β-unsaturated/α-hetero) is 1. The number of hydrogen-bond donors (Lipinski definition) is 6. The first kappa shape index (κ1) is 78.2. The second kappa shape index (κ2) is 39.5. The van der Waals surface area contributed by atoms with Crippen molar-refractivity contribution in [2.24, 2.45) is 40.9 Å². The monoisotopic (exact) mass is 1350 g/mol. The fourth-order valence-electron chi connectivity index (χ4n) is 11.0. The summed E-state index contributed by atoms with van der Waals surface area (Å²) in [6, 6.07) is 26.3. The maximum absolute atomic E-state index is 14.7. The average Bonchev–Trinajstić information content (AvgIpc) is 1.42. The van der Waals surface area contributed by atoms with E-state index in [9.17, 15) is 56.6 Å². The number of primary amides is 1. The zero-order valence-electron chi connectivity index (χ0n) is 56.2. The predicted octanol–water partition coefficient (Wildman–Crippen LogP) is 7.00. The predicted molar refractivity (Wildman–Crippen MR) is 364 cm³/mol. The van der Waals surface area contributed by atoms with Crippen LogP contribution in [0.25, 0.3) is 0 Å². The zero-order valence-corrected chi connectivity index (χ0v) is 57.0. The molecule has 7 amide bonds. The number of ether oxygens (including phenoxy) is 2. The third-order valence-corrected chi connectivity index (χ3v) is 16.6. The minimum atomic E-state index is -4.62. The van der Waals surface area contributed by atoms with Crippen LogP contribution >= 0.6 is 11.8 Å². The molecule has 0 bridgehead atoms. The third-order valence-electron chi connectivity index (χ3n) is 15.9. The molecule has 0 aromatic heterocycles. The highest BCUT2D eigenvalue weighted by Gasteiger charge is 2.32. The lowest BCUT2D eigenvalue weighted by atomic mass is 10.0. The summed E-state index contributed by atoms with van der Waals surface area (Å²) in [6.07, 6.45) is 2.85. The van der Waals surface area contributed by atoms with Gasteiger partial charge in [0.1, 0.15) is 5.75 Å². The summed E-state index contributed by atoms with van der Waals surface area (Å²) in [4.78, 5) is 116. The molecule has 1 aliphatic rings. The van der Waals surface area contributed by atoms with Crippen molar-refractivity contribution in [2.45, 2.75) is 93.0 Å². The van der Waals surface area contributed by atoms with Gasteiger partial charge in [-0.2, -0.15) is 24.9 Å². The molecule has 1 aliphatic heterocycles. The SMILES string of the molecule is CSCC(CC(=O)CN(CCN)C(=O)CN(CCN)C(=O)CCCNC(=O)CN(Cc1ccc(C(F)(F)F)cc1)C(=O)[C@@H](C)/C=C(\C)CN(CCc1ccc(O)cc1)C(=O)[C@@H](C)/C=C(\C)CN(Cc1ccccc1)C(=O)[C@@H](C)/C=C(\C)CNCc1ccc2c(c1)OCO2)C(N)=O. The molecule has 4 aromatic carbocycles. The highest BCUT2D eigenvalue weighted by Crippen LogP contribution is 2.33. The molecule has 0 saturated heterocycles. The normalized spacial score (nSPS) is 13.6. The maximum Gasteiger partial charge on any atom is 0.416 e. The molecule has 25 heteroatoms. The fourth-order valence-corrected chi connectivity index (χ4v) is 11.7. The summed E-state index contributed by atoms with van der Waals surface area (Å²) < 4.78 is 51.9. The average molecular weight is 1350 g/mol. The second-order valence-corrected chi connectivity index (χ2v) is 25.3. The van der Waals surface area contributed by atoms with Gasteiger partial charge in [-0.3, -0.25) is 38.4 Å². The van der Waals surface area contributed by atoms with Crippen molar-refractivity contribution in [1.29, 1.82) is 0 Å². The topological polar surface area (TPSA) is 294 Å². The van der Waals surface area contributed by atoms with Crippen molar-refractivity contribution in [2.75, 3.05) is 97.3 Å². The second-order valence-electron chi connectivity index (χ2n) is 24.4. The van der Waals surface area contributed by atoms with Gasteiger partial charge in [0.05, 0.1) is 48.9 Å². The number of nitrogens with two attached hydrogens (primary N) is 3. The lowest BCUT2D eigenvalue weighted by Crippen LogP contribution is -2.47. The van der Waals surface area contributed by atoms with Gasteiger partial charge in [-0.1, -0.05) is 116 Å². The highest BCUT2D eigenvalue weighted by molar-refractivity contribution is 7.98. The number of fused-ring (bicyclic) bond motifs is 1. The quantitative estimate of drug-likeness (QED) is 0.0193. The Morgan fingerprint density at radius 2 is 1.16 bits per heavy atom. The van der Waals surface area contributed by atoms with Gasteiger partial charge in [0.15, 0.2) is 17.3 Å². The minimum absolute atomic E-state index is 0.00000651. The molecule has 9 N–H and O–H groups in total. The first-order valence-electron chi connectivity index (χ1n) is 32.2. The van der Waals surface area contributed by atoms with Crippen molar-refractivity contribution in [3.8, 4) is 17.2 Å². The maximum atomic E-state index is 14.7. The zero-order chi connectivity index (χ0) is 70.5. The molecule has 0 radical (unpaired) electrons. The number of halogens is 3. The Hall–Kier alpha value is -8.52. The number of phenolic OH excluding ortho intramolecular Hbond substituents is 1. The summed E-state index contributed by atoms with van der Waals surface area (Å²) in [5.74, 6) is -4.52. The lowest BCUT2D eigenvalue weighted by Gasteiger charge is -2.28. The van der Waals surface area contributed by atoms with E-state index in [1.54, 1.807) is 67.2 Å². The number of hydrogen-bond acceptors (Lipinski definition) is 15. The van der Waals surface area contributed by atoms with Crippen LogP contribution in [-0.4, -0.2) is 174 Å². The van der Waals surface area contributed by atoms with Gasteiger partial charge in [0.2, 0.25) is 48.1 Å². The van der Waals surface area contributed by atoms with E-state index in [-0.39, 0.29) is 109 Å². The van der Waals surface area contributed by atoms with Crippen LogP contribution in [0, 0.1) is 23.7 Å². The first-order valence-corrected chi connectivity index (χ1v) is 33.5. The number of rotatable bonds is 40. The number of nitrogens with zero attached hydrogens (tertiary/aromatic N) is 5. The van der Waals surface area contributed by atoms with E-state index in [2.05, 4.69) is 10.6 Å². The number of nitrogens with one attached hydrogen (secondary N) is 2. The van der Waals surface area contributed by atoms with E-state index in [0.717, 1.165) is 40.0 Å². The molecule has 0 saturated carbocycles. The number of carbonyl (C=O) groups excluding carboxylic acids is 8. The fraction of sp³-hybridized carbons (Fsp3) is 0.465. The van der Waals surface area contributed by atoms with Crippen molar-refractivity contribution >= 4 is 58.9 Å². The Kier molecular flexibility index (Phi) is 32.2. The van der Waals surface area contributed by atoms with Crippen molar-refractivity contribution in [1.82, 2.24) is 35.1 Å². The molecule has 5 rings (SSSR count). The number of phenols is 1. The van der Waals surface area contributed by atoms with Crippen LogP contribution in [0.15, 0.2) is 132 Å². The van der Waals surface area contributed by atoms with Crippen LogP contribution in [0.2, 0.25) is 0 Å². The highest BCUT2D eigenvalue weighted by atomic mass is 32.2. The van der Waals surface area contributed by atoms with Gasteiger partial charge in [0.25, 0.3) is 0 Å². The summed E-state index contributed by atoms with van der Waals surface area (Å²) in [6.45, 7) is 11.6. The molecule has 21 nitrogen and oxygen atoms in total. The van der Waals surface area contributed by atoms with Crippen molar-refractivity contribution in [3.63, 3.8) is 0 Å². The minimum Gasteiger partial charge on any atom is -0.508 e. The largest absolute Gasteiger partial charge is 0.508 e. The third kappa shape index (κ3) is 26.6. The number of thioether (sulfide) groups is 1. The van der Waals surface area contributed by atoms with Crippen LogP contribution in [0.4, 0.5) is 13.2 Å². The van der Waals surface area contributed by atoms with Crippen LogP contribution in [0.1, 0.15) is 88.6 Å². The lowest BCUT2D eigenvalue weighted by molar-refractivity contribution is -0.142. The molecule has 0 aliphatic carbocycles. The number of ketones is 1. The summed E-state index contributed by atoms with van der Waals surface area (Å²) in [5, 5.41) is 16.2. The molecular weight excluding hydrogens is 1260 g/mol. The Balaban J connectivity index is 1.28. The van der Waals surface area contributed by atoms with E-state index in [1.807, 2.05) is 81.5 Å². The molecular formula is C71H95F3N10O11S. The van der Waals surface area contributed by atoms with Gasteiger partial charge in [-0.05, 0) is 98.5 Å². The number of alkyl halides is 3. The Labute approximate surface area is 566 Å². The van der Waals surface area contributed by atoms with Crippen LogP contribution < -0.4 is 37.3 Å². The van der Waals surface area contributed by atoms with E-state index < -0.39 is 83.8 Å². The number of amides is 7. The van der Waals surface area contributed by atoms with E-state index in [0.29, 0.717) is 54.4 Å². The van der Waals surface area contributed by atoms with Crippen LogP contribution in [-0.2, 0) is 70.6 Å². The Morgan fingerprint density at radius 3 is 1.74 bits per heavy atom. The van der Waals surface area contributed by atoms with Gasteiger partial charge in [0, 0.05) is 97.1 Å². The molecule has 4 atom stereocenters. The summed E-state index contributed by atoms with van der Waals surface area (Å²) in [5.41, 5.74) is 21.7. The molecule has 0 fully saturated rings. The molecule has 1 heterocycles. The van der Waals surface area contributed by atoms with Gasteiger partial charge in [-0.15, -0.1) is 0 Å². The smallest absolute Gasteiger partial charge is 0.416 e. The molecule has 96 heavy (non-hydrogen) atoms. The molecule has 4 aromatic rings. The van der Waals surface area contributed by atoms with Gasteiger partial charge < -0.3 is 66.9 Å². The summed E-state index contributed by atoms with van der Waals surface area (Å²) >= 11 is 1.35. The van der Waals surface area contributed by atoms with Crippen LogP contribution in [0.5, 0.6) is 17.2 Å². The first-order chi connectivity index (χ1) is 45.7. The number of carbonyl (C=O) groups is 8. The molecule has 1 unspecified atom stereocenters. The number of benzene rings is 4. The van der Waals surface area contributed by atoms with Gasteiger partial charge in [-0.25, -0.2) is 0 Å². The van der Waals surface area contributed by atoms with E-state index >= 15 is 0 Å². The summed E-state index contributed by atoms with van der Waals surface area (Å²) in [7, 11) is 0. The Bertz CT molecular complexity index is 3330. The van der Waals surface area contributed by atoms with Crippen molar-refractivity contribution in [3.05, 3.63) is 160 Å². The van der Waals surface area contributed by atoms with Gasteiger partial charge >= 0.3 is 6.18 Å². The molecule has 522 valence electrons. The number of aromatic hydroxyl groups is 1. The molecule has 0 spiro atoms. The standard InChI is InChI=1S/C71H95F3N10O11S/c1-48(37-78-38-57-19-24-62-63(35-57)95-47-94-62)32-51(4)69(92)83(41-55-12-9-8-10-13-55)40-50(3)34-52(5)68(91)82(29-25-54-17-22-60(85)23-18-54)39-49(2)33-53(6)70(93)84(42-56-15-20-59(21-16-56)71(72,73)74)44-64(87)79-28-11-14-65(88)81(31-27-76)45-66(89)80(30-26-75)43-61(86)36-58(46-96-7)67(77)90/h8-10,12-13,15-24,32-35,51-53,58,78,85H,11,14,25-31,36-47,75-76H2,1-7H3,(H2,77,90)(H,79,87)/b48-32+,49-33+,50-34+/t51-,52-,53-,58?/m0/s1. The van der Waals surface area contributed by atoms with Crippen LogP contribution in [0.3, 0.4) is 0 Å². The van der Waals surface area contributed by atoms with E-state index in [4.69, 9.17) is 26.7 Å². The van der Waals surface area contributed by atoms with E-state index in [1.165, 1.54) is 38.6 Å². The Morgan fingerprint density at radius 1 is 0.625 bits per heavy atom. The van der Waals surface area contributed by atoms with Crippen molar-refractivity contribution < 1.29 is 66.1 Å².